The lowest BCUT2D eigenvalue weighted by atomic mass is 10.1. The Kier molecular flexibility index (Phi) is 6.37. The number of aromatic nitrogens is 4. The number of aryl methyl sites for hydroxylation is 1. The summed E-state index contributed by atoms with van der Waals surface area (Å²) in [6.45, 7) is 6.29. The van der Waals surface area contributed by atoms with Crippen molar-refractivity contribution in [1.82, 2.24) is 24.8 Å². The van der Waals surface area contributed by atoms with Crippen LogP contribution in [0, 0.1) is 6.92 Å². The Hall–Kier alpha value is -4.34. The summed E-state index contributed by atoms with van der Waals surface area (Å²) in [7, 11) is 0. The molecule has 3 N–H and O–H groups in total. The molecule has 1 aliphatic heterocycles. The van der Waals surface area contributed by atoms with Gasteiger partial charge in [0.25, 0.3) is 5.91 Å². The van der Waals surface area contributed by atoms with Gasteiger partial charge in [-0.15, -0.1) is 0 Å². The van der Waals surface area contributed by atoms with Crippen molar-refractivity contribution in [3.8, 4) is 0 Å². The predicted molar refractivity (Wildman–Crippen MR) is 156 cm³/mol. The molecule has 0 atom stereocenters. The highest BCUT2D eigenvalue weighted by molar-refractivity contribution is 6.09. The number of para-hydroxylation sites is 1. The van der Waals surface area contributed by atoms with Gasteiger partial charge >= 0.3 is 0 Å². The molecule has 7 rings (SSSR count). The maximum atomic E-state index is 13.3. The van der Waals surface area contributed by atoms with Crippen molar-refractivity contribution in [1.29, 1.82) is 0 Å². The van der Waals surface area contributed by atoms with Crippen molar-refractivity contribution in [3.63, 3.8) is 0 Å². The summed E-state index contributed by atoms with van der Waals surface area (Å²) in [4.78, 5) is 33.3. The van der Waals surface area contributed by atoms with E-state index in [4.69, 9.17) is 14.7 Å². The Morgan fingerprint density at radius 3 is 2.67 bits per heavy atom. The Morgan fingerprint density at radius 1 is 1.05 bits per heavy atom. The first-order chi connectivity index (χ1) is 19.6. The summed E-state index contributed by atoms with van der Waals surface area (Å²) in [5, 5.41) is 7.44. The van der Waals surface area contributed by atoms with E-state index in [1.54, 1.807) is 0 Å². The van der Waals surface area contributed by atoms with Crippen LogP contribution in [0.4, 0.5) is 17.3 Å². The number of hydrogen-bond acceptors (Lipinski definition) is 7. The van der Waals surface area contributed by atoms with E-state index < -0.39 is 0 Å². The van der Waals surface area contributed by atoms with Crippen molar-refractivity contribution >= 4 is 45.2 Å². The number of carbonyl (C=O) groups excluding carboxylic acids is 1. The van der Waals surface area contributed by atoms with Gasteiger partial charge in [0.15, 0.2) is 0 Å². The number of aromatic amines is 1. The second kappa shape index (κ2) is 10.3. The summed E-state index contributed by atoms with van der Waals surface area (Å²) >= 11 is 0. The number of anilines is 3. The molecule has 5 aromatic rings. The van der Waals surface area contributed by atoms with Crippen LogP contribution in [0.1, 0.15) is 46.1 Å². The molecule has 202 valence electrons. The topological polar surface area (TPSA) is 108 Å². The van der Waals surface area contributed by atoms with Gasteiger partial charge in [-0.05, 0) is 55.2 Å². The van der Waals surface area contributed by atoms with Crippen molar-refractivity contribution < 1.29 is 9.53 Å². The molecule has 3 heterocycles. The molecule has 0 bridgehead atoms. The summed E-state index contributed by atoms with van der Waals surface area (Å²) in [5.41, 5.74) is 6.79. The second-order valence-corrected chi connectivity index (χ2v) is 10.7. The van der Waals surface area contributed by atoms with Crippen molar-refractivity contribution in [2.24, 2.45) is 0 Å². The molecule has 2 fully saturated rings. The van der Waals surface area contributed by atoms with Gasteiger partial charge in [0, 0.05) is 48.4 Å². The Morgan fingerprint density at radius 2 is 1.88 bits per heavy atom. The molecule has 40 heavy (non-hydrogen) atoms. The number of amides is 1. The second-order valence-electron chi connectivity index (χ2n) is 10.7. The smallest absolute Gasteiger partial charge is 0.255 e. The fraction of sp³-hybridized carbons (Fsp3) is 0.290. The first-order valence-electron chi connectivity index (χ1n) is 13.8. The fourth-order valence-corrected chi connectivity index (χ4v) is 5.22. The first-order valence-corrected chi connectivity index (χ1v) is 13.8. The highest BCUT2D eigenvalue weighted by atomic mass is 16.5. The quantitative estimate of drug-likeness (QED) is 0.253. The number of rotatable bonds is 7. The zero-order valence-electron chi connectivity index (χ0n) is 22.4. The van der Waals surface area contributed by atoms with E-state index in [-0.39, 0.29) is 5.91 Å². The summed E-state index contributed by atoms with van der Waals surface area (Å²) < 4.78 is 5.44. The number of fused-ring (bicyclic) bond motifs is 2. The van der Waals surface area contributed by atoms with Crippen LogP contribution in [-0.2, 0) is 11.3 Å². The minimum absolute atomic E-state index is 0.176. The lowest BCUT2D eigenvalue weighted by Gasteiger charge is -2.26. The Balaban J connectivity index is 1.15. The molecule has 1 amide bonds. The standard InChI is InChI=1S/C31H31N7O2/c1-19-3-2-4-23-17-32-31(37-27(19)23)33-24-15-25-28(36-29(34-25)21-9-10-21)26(16-24)35-30(39)22-7-5-20(6-8-22)18-38-11-13-40-14-12-38/h2-8,15-17,21H,9-14,18H2,1H3,(H,34,36)(H,35,39)(H,32,33,37). The third kappa shape index (κ3) is 5.13. The minimum Gasteiger partial charge on any atom is -0.379 e. The number of ether oxygens (including phenoxy) is 1. The van der Waals surface area contributed by atoms with E-state index in [0.29, 0.717) is 23.1 Å². The molecule has 1 aliphatic carbocycles. The van der Waals surface area contributed by atoms with Crippen LogP contribution in [-0.4, -0.2) is 57.0 Å². The fourth-order valence-electron chi connectivity index (χ4n) is 5.22. The van der Waals surface area contributed by atoms with Gasteiger partial charge in [-0.3, -0.25) is 9.69 Å². The third-order valence-corrected chi connectivity index (χ3v) is 7.61. The molecule has 1 saturated carbocycles. The summed E-state index contributed by atoms with van der Waals surface area (Å²) in [6.07, 6.45) is 4.09. The van der Waals surface area contributed by atoms with Crippen molar-refractivity contribution in [2.45, 2.75) is 32.2 Å². The zero-order valence-corrected chi connectivity index (χ0v) is 22.4. The van der Waals surface area contributed by atoms with E-state index in [0.717, 1.165) is 84.7 Å². The molecule has 1 saturated heterocycles. The van der Waals surface area contributed by atoms with Gasteiger partial charge in [-0.1, -0.05) is 30.3 Å². The maximum Gasteiger partial charge on any atom is 0.255 e. The largest absolute Gasteiger partial charge is 0.379 e. The van der Waals surface area contributed by atoms with Gasteiger partial charge in [0.05, 0.1) is 29.9 Å². The summed E-state index contributed by atoms with van der Waals surface area (Å²) in [5.74, 6) is 1.74. The van der Waals surface area contributed by atoms with Gasteiger partial charge in [0.2, 0.25) is 5.95 Å². The van der Waals surface area contributed by atoms with E-state index in [2.05, 4.69) is 25.5 Å². The number of imidazole rings is 1. The molecular formula is C31H31N7O2. The first kappa shape index (κ1) is 24.7. The number of hydrogen-bond donors (Lipinski definition) is 3. The van der Waals surface area contributed by atoms with Crippen molar-refractivity contribution in [2.75, 3.05) is 36.9 Å². The van der Waals surface area contributed by atoms with E-state index in [1.807, 2.05) is 67.7 Å². The molecule has 0 radical (unpaired) electrons. The van der Waals surface area contributed by atoms with Crippen LogP contribution >= 0.6 is 0 Å². The average molecular weight is 534 g/mol. The lowest BCUT2D eigenvalue weighted by Crippen LogP contribution is -2.35. The van der Waals surface area contributed by atoms with Crippen LogP contribution in [0.25, 0.3) is 21.9 Å². The van der Waals surface area contributed by atoms with Gasteiger partial charge < -0.3 is 20.4 Å². The van der Waals surface area contributed by atoms with E-state index in [1.165, 1.54) is 5.56 Å². The number of benzene rings is 3. The van der Waals surface area contributed by atoms with Gasteiger partial charge in [-0.2, -0.15) is 0 Å². The Bertz CT molecular complexity index is 1700. The summed E-state index contributed by atoms with van der Waals surface area (Å²) in [6, 6.07) is 17.8. The number of H-pyrrole nitrogens is 1. The van der Waals surface area contributed by atoms with Crippen LogP contribution < -0.4 is 10.6 Å². The van der Waals surface area contributed by atoms with Crippen molar-refractivity contribution in [3.05, 3.63) is 83.3 Å². The molecule has 0 spiro atoms. The minimum atomic E-state index is -0.176. The average Bonchev–Trinajstić information content (AvgIpc) is 3.73. The molecule has 9 nitrogen and oxygen atoms in total. The van der Waals surface area contributed by atoms with E-state index >= 15 is 0 Å². The number of morpholine rings is 1. The van der Waals surface area contributed by atoms with Crippen LogP contribution in [0.15, 0.2) is 60.8 Å². The third-order valence-electron chi connectivity index (χ3n) is 7.61. The van der Waals surface area contributed by atoms with Gasteiger partial charge in [-0.25, -0.2) is 15.0 Å². The molecule has 9 heteroatoms. The lowest BCUT2D eigenvalue weighted by molar-refractivity contribution is 0.0342. The Labute approximate surface area is 232 Å². The SMILES string of the molecule is Cc1cccc2cnc(Nc3cc(NC(=O)c4ccc(CN5CCOCC5)cc4)c4nc(C5CC5)[nH]c4c3)nc12. The number of carbonyl (C=O) groups is 1. The zero-order chi connectivity index (χ0) is 27.1. The van der Waals surface area contributed by atoms with Gasteiger partial charge in [0.1, 0.15) is 11.3 Å². The highest BCUT2D eigenvalue weighted by Crippen LogP contribution is 2.40. The normalized spacial score (nSPS) is 15.9. The highest BCUT2D eigenvalue weighted by Gasteiger charge is 2.27. The molecule has 2 aliphatic rings. The molecule has 3 aromatic carbocycles. The van der Waals surface area contributed by atoms with Crippen LogP contribution in [0.2, 0.25) is 0 Å². The molecule has 0 unspecified atom stereocenters. The predicted octanol–water partition coefficient (Wildman–Crippen LogP) is 5.52. The van der Waals surface area contributed by atoms with Crippen LogP contribution in [0.5, 0.6) is 0 Å². The van der Waals surface area contributed by atoms with Crippen LogP contribution in [0.3, 0.4) is 0 Å². The molecule has 2 aromatic heterocycles. The number of nitrogens with zero attached hydrogens (tertiary/aromatic N) is 4. The maximum absolute atomic E-state index is 13.3. The molecular weight excluding hydrogens is 502 g/mol. The number of nitrogens with one attached hydrogen (secondary N) is 3. The van der Waals surface area contributed by atoms with E-state index in [9.17, 15) is 4.79 Å². The monoisotopic (exact) mass is 533 g/mol.